The van der Waals surface area contributed by atoms with Crippen molar-refractivity contribution < 1.29 is 4.79 Å². The third-order valence-corrected chi connectivity index (χ3v) is 4.10. The Bertz CT molecular complexity index is 668. The number of anilines is 1. The number of aromatic nitrogens is 1. The number of benzene rings is 1. The molecule has 1 aromatic carbocycles. The monoisotopic (exact) mass is 283 g/mol. The van der Waals surface area contributed by atoms with Crippen molar-refractivity contribution in [2.75, 3.05) is 11.9 Å². The van der Waals surface area contributed by atoms with Gasteiger partial charge in [-0.25, -0.2) is 0 Å². The molecule has 1 saturated heterocycles. The Balaban J connectivity index is 1.85. The SMILES string of the molecule is Cc1cc(NC(=O)C2CCNC(C)C2)c2ccccc2n1. The number of hydrogen-bond donors (Lipinski definition) is 2. The lowest BCUT2D eigenvalue weighted by molar-refractivity contribution is -0.120. The molecule has 1 aliphatic heterocycles. The van der Waals surface area contributed by atoms with Gasteiger partial charge in [0, 0.05) is 23.0 Å². The number of rotatable bonds is 2. The van der Waals surface area contributed by atoms with Crippen LogP contribution in [0.3, 0.4) is 0 Å². The fourth-order valence-corrected chi connectivity index (χ4v) is 3.02. The van der Waals surface area contributed by atoms with Crippen LogP contribution in [0.5, 0.6) is 0 Å². The number of pyridine rings is 1. The van der Waals surface area contributed by atoms with Crippen molar-refractivity contribution in [2.24, 2.45) is 5.92 Å². The molecule has 2 unspecified atom stereocenters. The first-order valence-electron chi connectivity index (χ1n) is 7.54. The van der Waals surface area contributed by atoms with Crippen LogP contribution >= 0.6 is 0 Å². The molecule has 110 valence electrons. The molecule has 0 saturated carbocycles. The normalized spacial score (nSPS) is 22.2. The molecule has 1 fully saturated rings. The Kier molecular flexibility index (Phi) is 3.88. The van der Waals surface area contributed by atoms with Crippen molar-refractivity contribution in [3.05, 3.63) is 36.0 Å². The number of carbonyl (C=O) groups is 1. The van der Waals surface area contributed by atoms with E-state index in [0.29, 0.717) is 6.04 Å². The fraction of sp³-hybridized carbons (Fsp3) is 0.412. The van der Waals surface area contributed by atoms with E-state index < -0.39 is 0 Å². The van der Waals surface area contributed by atoms with Crippen LogP contribution in [0, 0.1) is 12.8 Å². The number of nitrogens with one attached hydrogen (secondary N) is 2. The maximum Gasteiger partial charge on any atom is 0.227 e. The van der Waals surface area contributed by atoms with Crippen LogP contribution < -0.4 is 10.6 Å². The Morgan fingerprint density at radius 3 is 3.00 bits per heavy atom. The second-order valence-electron chi connectivity index (χ2n) is 5.89. The number of fused-ring (bicyclic) bond motifs is 1. The molecule has 4 nitrogen and oxygen atoms in total. The van der Waals surface area contributed by atoms with E-state index in [1.165, 1.54) is 0 Å². The Morgan fingerprint density at radius 1 is 1.38 bits per heavy atom. The van der Waals surface area contributed by atoms with Gasteiger partial charge in [0.25, 0.3) is 0 Å². The fourth-order valence-electron chi connectivity index (χ4n) is 3.02. The van der Waals surface area contributed by atoms with Crippen LogP contribution in [-0.2, 0) is 4.79 Å². The molecule has 1 aromatic heterocycles. The van der Waals surface area contributed by atoms with Crippen molar-refractivity contribution in [3.8, 4) is 0 Å². The summed E-state index contributed by atoms with van der Waals surface area (Å²) in [5.74, 6) is 0.215. The zero-order valence-electron chi connectivity index (χ0n) is 12.5. The lowest BCUT2D eigenvalue weighted by atomic mass is 9.92. The van der Waals surface area contributed by atoms with Crippen LogP contribution in [0.2, 0.25) is 0 Å². The van der Waals surface area contributed by atoms with Crippen molar-refractivity contribution in [1.82, 2.24) is 10.3 Å². The largest absolute Gasteiger partial charge is 0.325 e. The van der Waals surface area contributed by atoms with Gasteiger partial charge in [0.2, 0.25) is 5.91 Å². The molecule has 1 amide bonds. The minimum absolute atomic E-state index is 0.0912. The molecule has 2 atom stereocenters. The molecular weight excluding hydrogens is 262 g/mol. The first kappa shape index (κ1) is 14.0. The summed E-state index contributed by atoms with van der Waals surface area (Å²) in [6.45, 7) is 5.00. The van der Waals surface area contributed by atoms with E-state index >= 15 is 0 Å². The summed E-state index contributed by atoms with van der Waals surface area (Å²) < 4.78 is 0. The van der Waals surface area contributed by atoms with E-state index in [1.807, 2.05) is 37.3 Å². The molecule has 0 radical (unpaired) electrons. The molecule has 2 N–H and O–H groups in total. The van der Waals surface area contributed by atoms with Gasteiger partial charge in [-0.05, 0) is 45.4 Å². The van der Waals surface area contributed by atoms with Gasteiger partial charge in [-0.3, -0.25) is 9.78 Å². The van der Waals surface area contributed by atoms with Crippen LogP contribution in [0.1, 0.15) is 25.5 Å². The molecule has 0 aliphatic carbocycles. The van der Waals surface area contributed by atoms with E-state index in [4.69, 9.17) is 0 Å². The number of para-hydroxylation sites is 1. The number of nitrogens with zero attached hydrogens (tertiary/aromatic N) is 1. The van der Waals surface area contributed by atoms with E-state index in [0.717, 1.165) is 41.7 Å². The summed E-state index contributed by atoms with van der Waals surface area (Å²) >= 11 is 0. The first-order valence-corrected chi connectivity index (χ1v) is 7.54. The number of amides is 1. The predicted octanol–water partition coefficient (Wildman–Crippen LogP) is 2.87. The van der Waals surface area contributed by atoms with E-state index in [9.17, 15) is 4.79 Å². The van der Waals surface area contributed by atoms with Gasteiger partial charge in [-0.2, -0.15) is 0 Å². The quantitative estimate of drug-likeness (QED) is 0.891. The Morgan fingerprint density at radius 2 is 2.19 bits per heavy atom. The number of piperidine rings is 1. The summed E-state index contributed by atoms with van der Waals surface area (Å²) in [6.07, 6.45) is 1.80. The van der Waals surface area contributed by atoms with Crippen molar-refractivity contribution in [2.45, 2.75) is 32.7 Å². The minimum Gasteiger partial charge on any atom is -0.325 e. The zero-order valence-corrected chi connectivity index (χ0v) is 12.5. The molecule has 2 aromatic rings. The molecule has 21 heavy (non-hydrogen) atoms. The zero-order chi connectivity index (χ0) is 14.8. The highest BCUT2D eigenvalue weighted by Gasteiger charge is 2.25. The highest BCUT2D eigenvalue weighted by atomic mass is 16.1. The highest BCUT2D eigenvalue weighted by Crippen LogP contribution is 2.25. The third kappa shape index (κ3) is 3.05. The molecule has 4 heteroatoms. The van der Waals surface area contributed by atoms with Crippen LogP contribution in [0.4, 0.5) is 5.69 Å². The second-order valence-corrected chi connectivity index (χ2v) is 5.89. The van der Waals surface area contributed by atoms with E-state index in [2.05, 4.69) is 22.5 Å². The molecule has 0 spiro atoms. The summed E-state index contributed by atoms with van der Waals surface area (Å²) in [5.41, 5.74) is 2.71. The van der Waals surface area contributed by atoms with Gasteiger partial charge in [0.15, 0.2) is 0 Å². The summed E-state index contributed by atoms with van der Waals surface area (Å²) in [4.78, 5) is 17.0. The van der Waals surface area contributed by atoms with E-state index in [1.54, 1.807) is 0 Å². The maximum atomic E-state index is 12.5. The third-order valence-electron chi connectivity index (χ3n) is 4.10. The summed E-state index contributed by atoms with van der Waals surface area (Å²) in [5, 5.41) is 7.49. The molecule has 1 aliphatic rings. The molecular formula is C17H21N3O. The second kappa shape index (κ2) is 5.82. The average molecular weight is 283 g/mol. The van der Waals surface area contributed by atoms with Gasteiger partial charge in [-0.15, -0.1) is 0 Å². The minimum atomic E-state index is 0.0912. The molecule has 0 bridgehead atoms. The van der Waals surface area contributed by atoms with Gasteiger partial charge in [-0.1, -0.05) is 18.2 Å². The number of hydrogen-bond acceptors (Lipinski definition) is 3. The van der Waals surface area contributed by atoms with Crippen LogP contribution in [0.15, 0.2) is 30.3 Å². The van der Waals surface area contributed by atoms with Gasteiger partial charge < -0.3 is 10.6 Å². The lowest BCUT2D eigenvalue weighted by Crippen LogP contribution is -2.40. The topological polar surface area (TPSA) is 54.0 Å². The van der Waals surface area contributed by atoms with Gasteiger partial charge in [0.05, 0.1) is 11.2 Å². The average Bonchev–Trinajstić information content (AvgIpc) is 2.47. The van der Waals surface area contributed by atoms with Crippen molar-refractivity contribution in [1.29, 1.82) is 0 Å². The number of aryl methyl sites for hydroxylation is 1. The van der Waals surface area contributed by atoms with Crippen LogP contribution in [-0.4, -0.2) is 23.5 Å². The Labute approximate surface area is 125 Å². The standard InChI is InChI=1S/C17H21N3O/c1-11-9-13(7-8-18-11)17(21)20-16-10-12(2)19-15-6-4-3-5-14(15)16/h3-6,10-11,13,18H,7-9H2,1-2H3,(H,19,20,21). The van der Waals surface area contributed by atoms with Crippen LogP contribution in [0.25, 0.3) is 10.9 Å². The molecule has 3 rings (SSSR count). The molecule has 2 heterocycles. The summed E-state index contributed by atoms with van der Waals surface area (Å²) in [7, 11) is 0. The summed E-state index contributed by atoms with van der Waals surface area (Å²) in [6, 6.07) is 10.3. The van der Waals surface area contributed by atoms with Crippen molar-refractivity contribution >= 4 is 22.5 Å². The highest BCUT2D eigenvalue weighted by molar-refractivity contribution is 6.01. The number of carbonyl (C=O) groups excluding carboxylic acids is 1. The predicted molar refractivity (Wildman–Crippen MR) is 85.3 cm³/mol. The lowest BCUT2D eigenvalue weighted by Gasteiger charge is -2.27. The van der Waals surface area contributed by atoms with Gasteiger partial charge >= 0.3 is 0 Å². The smallest absolute Gasteiger partial charge is 0.227 e. The van der Waals surface area contributed by atoms with Crippen molar-refractivity contribution in [3.63, 3.8) is 0 Å². The van der Waals surface area contributed by atoms with Gasteiger partial charge in [0.1, 0.15) is 0 Å². The van der Waals surface area contributed by atoms with E-state index in [-0.39, 0.29) is 11.8 Å². The first-order chi connectivity index (χ1) is 10.1. The maximum absolute atomic E-state index is 12.5. The Hall–Kier alpha value is -1.94.